The molecule has 0 amide bonds. The largest absolute Gasteiger partial charge is 0.470 e. The Morgan fingerprint density at radius 1 is 1.07 bits per heavy atom. The van der Waals surface area contributed by atoms with Crippen LogP contribution in [-0.4, -0.2) is 123 Å². The van der Waals surface area contributed by atoms with Gasteiger partial charge in [-0.15, -0.1) is 0 Å². The Balaban J connectivity index is 1.11. The molecule has 7 aliphatic rings. The molecule has 18 atom stereocenters. The van der Waals surface area contributed by atoms with E-state index in [-0.39, 0.29) is 84.0 Å². The fourth-order valence-corrected chi connectivity index (χ4v) is 12.3. The SMILES string of the molecule is C=C1C(=O)C2=C[C@H]3[C@@H]4C[C@H](O[C@H](O)C5C(OC)C(C)C6(OC)C(OC)C56)C[C@H]4CC(=O)[C@H]3[C@@H]2CC(O)O/C(=C/C)CCC[C@@H]1O[C@H]1CC[C@H](N(C)C)C(C)O1. The summed E-state index contributed by atoms with van der Waals surface area (Å²) in [6.07, 6.45) is 5.01. The normalized spacial score (nSPS) is 47.3. The molecule has 0 aromatic heterocycles. The average molecular weight is 772 g/mol. The van der Waals surface area contributed by atoms with Gasteiger partial charge in [0.1, 0.15) is 11.4 Å². The standard InChI is InChI=1S/C43H65NO11/c1-10-25-12-11-13-33(55-35-15-14-31(44(5)6)23(4)52-35)21(2)39(47)30-19-28-27-18-26(16-24(27)17-32(45)36(28)29(30)20-34(46)53-25)54-42(48)37-38-41(50-8)43(38,51-9)22(3)40(37)49-7/h10,19,22-24,26-29,31,33-38,40-42,46,48H,2,11-18,20H2,1,3-9H3/b25-10+/t22?,23?,24-,26+,27+,28-,29+,31-,33-,34?,35-,36+,37?,38?,40?,41?,42-,43?/m0/s1. The Morgan fingerprint density at radius 3 is 2.49 bits per heavy atom. The number of carbonyl (C=O) groups is 2. The van der Waals surface area contributed by atoms with Crippen molar-refractivity contribution in [3.05, 3.63) is 35.6 Å². The highest BCUT2D eigenvalue weighted by Gasteiger charge is 2.80. The van der Waals surface area contributed by atoms with Gasteiger partial charge in [-0.3, -0.25) is 9.59 Å². The summed E-state index contributed by atoms with van der Waals surface area (Å²) in [6, 6.07) is 0.282. The molecule has 0 aromatic carbocycles. The highest BCUT2D eigenvalue weighted by atomic mass is 16.7. The highest BCUT2D eigenvalue weighted by Crippen LogP contribution is 2.67. The lowest BCUT2D eigenvalue weighted by molar-refractivity contribution is -0.219. The van der Waals surface area contributed by atoms with E-state index in [1.54, 1.807) is 21.3 Å². The van der Waals surface area contributed by atoms with Gasteiger partial charge in [0, 0.05) is 87.4 Å². The first-order chi connectivity index (χ1) is 26.3. The molecule has 55 heavy (non-hydrogen) atoms. The summed E-state index contributed by atoms with van der Waals surface area (Å²) in [5.74, 6) is -0.927. The molecule has 0 radical (unpaired) electrons. The Bertz CT molecular complexity index is 1510. The Labute approximate surface area is 326 Å². The molecule has 4 saturated carbocycles. The van der Waals surface area contributed by atoms with Crippen LogP contribution < -0.4 is 0 Å². The molecule has 2 N–H and O–H groups in total. The molecule has 12 nitrogen and oxygen atoms in total. The van der Waals surface area contributed by atoms with Crippen LogP contribution in [0.5, 0.6) is 0 Å². The summed E-state index contributed by atoms with van der Waals surface area (Å²) in [5, 5.41) is 22.9. The molecule has 7 rings (SSSR count). The molecule has 2 heterocycles. The number of nitrogens with zero attached hydrogens (tertiary/aromatic N) is 1. The van der Waals surface area contributed by atoms with E-state index in [0.29, 0.717) is 61.9 Å². The van der Waals surface area contributed by atoms with Crippen LogP contribution in [0.2, 0.25) is 0 Å². The lowest BCUT2D eigenvalue weighted by atomic mass is 9.65. The number of hydrogen-bond acceptors (Lipinski definition) is 12. The highest BCUT2D eigenvalue weighted by molar-refractivity contribution is 6.10. The van der Waals surface area contributed by atoms with Gasteiger partial charge in [-0.05, 0) is 90.3 Å². The van der Waals surface area contributed by atoms with Gasteiger partial charge in [-0.25, -0.2) is 0 Å². The number of methoxy groups -OCH3 is 3. The molecule has 308 valence electrons. The minimum Gasteiger partial charge on any atom is -0.470 e. The van der Waals surface area contributed by atoms with Crippen LogP contribution >= 0.6 is 0 Å². The maximum Gasteiger partial charge on any atom is 0.197 e. The van der Waals surface area contributed by atoms with E-state index in [1.807, 2.05) is 19.1 Å². The predicted octanol–water partition coefficient (Wildman–Crippen LogP) is 4.57. The van der Waals surface area contributed by atoms with Gasteiger partial charge in [0.25, 0.3) is 0 Å². The van der Waals surface area contributed by atoms with E-state index < -0.39 is 42.4 Å². The van der Waals surface area contributed by atoms with E-state index >= 15 is 0 Å². The van der Waals surface area contributed by atoms with Crippen LogP contribution in [0.15, 0.2) is 35.6 Å². The maximum atomic E-state index is 14.6. The first kappa shape index (κ1) is 41.2. The maximum absolute atomic E-state index is 14.6. The van der Waals surface area contributed by atoms with E-state index in [2.05, 4.69) is 39.4 Å². The number of likely N-dealkylation sites (N-methyl/N-ethyl adjacent to an activating group) is 1. The lowest BCUT2D eigenvalue weighted by Crippen LogP contribution is -2.46. The third-order valence-electron chi connectivity index (χ3n) is 14.9. The Kier molecular flexibility index (Phi) is 12.2. The van der Waals surface area contributed by atoms with Crippen molar-refractivity contribution >= 4 is 11.6 Å². The third kappa shape index (κ3) is 7.24. The fraction of sp³-hybridized carbons (Fsp3) is 0.814. The number of hydrogen-bond donors (Lipinski definition) is 2. The minimum atomic E-state index is -1.17. The first-order valence-electron chi connectivity index (χ1n) is 20.7. The summed E-state index contributed by atoms with van der Waals surface area (Å²) < 4.78 is 43.2. The van der Waals surface area contributed by atoms with Crippen LogP contribution in [-0.2, 0) is 42.7 Å². The van der Waals surface area contributed by atoms with Crippen molar-refractivity contribution in [2.75, 3.05) is 35.4 Å². The monoisotopic (exact) mass is 771 g/mol. The zero-order chi connectivity index (χ0) is 39.5. The van der Waals surface area contributed by atoms with Crippen LogP contribution in [0.4, 0.5) is 0 Å². The van der Waals surface area contributed by atoms with Crippen molar-refractivity contribution in [3.8, 4) is 0 Å². The van der Waals surface area contributed by atoms with Gasteiger partial charge in [-0.1, -0.05) is 19.6 Å². The summed E-state index contributed by atoms with van der Waals surface area (Å²) in [4.78, 5) is 31.0. The fourth-order valence-electron chi connectivity index (χ4n) is 12.3. The Morgan fingerprint density at radius 2 is 1.84 bits per heavy atom. The predicted molar refractivity (Wildman–Crippen MR) is 202 cm³/mol. The minimum absolute atomic E-state index is 0.00329. The number of aliphatic hydroxyl groups is 2. The van der Waals surface area contributed by atoms with Gasteiger partial charge in [-0.2, -0.15) is 0 Å². The van der Waals surface area contributed by atoms with Crippen molar-refractivity contribution in [3.63, 3.8) is 0 Å². The molecule has 12 heteroatoms. The summed E-state index contributed by atoms with van der Waals surface area (Å²) >= 11 is 0. The van der Waals surface area contributed by atoms with Gasteiger partial charge < -0.3 is 48.3 Å². The van der Waals surface area contributed by atoms with E-state index in [0.717, 1.165) is 6.42 Å². The molecular weight excluding hydrogens is 706 g/mol. The van der Waals surface area contributed by atoms with E-state index in [9.17, 15) is 19.8 Å². The van der Waals surface area contributed by atoms with Gasteiger partial charge >= 0.3 is 0 Å². The van der Waals surface area contributed by atoms with Crippen molar-refractivity contribution in [2.45, 2.75) is 140 Å². The number of rotatable bonds is 9. The summed E-state index contributed by atoms with van der Waals surface area (Å²) in [6.45, 7) is 10.4. The number of carbonyl (C=O) groups excluding carboxylic acids is 2. The molecule has 0 bridgehead atoms. The number of allylic oxidation sites excluding steroid dienone is 4. The van der Waals surface area contributed by atoms with Gasteiger partial charge in [0.15, 0.2) is 24.7 Å². The molecule has 0 aromatic rings. The number of aliphatic hydroxyl groups excluding tert-OH is 2. The van der Waals surface area contributed by atoms with Crippen molar-refractivity contribution in [1.29, 1.82) is 0 Å². The van der Waals surface area contributed by atoms with Crippen LogP contribution in [0.25, 0.3) is 0 Å². The van der Waals surface area contributed by atoms with Crippen molar-refractivity contribution in [1.82, 2.24) is 4.90 Å². The second kappa shape index (κ2) is 16.3. The molecule has 5 aliphatic carbocycles. The third-order valence-corrected chi connectivity index (χ3v) is 14.9. The van der Waals surface area contributed by atoms with Crippen LogP contribution in [0.3, 0.4) is 0 Å². The molecular formula is C43H65NO11. The zero-order valence-electron chi connectivity index (χ0n) is 34.1. The number of fused-ring (bicyclic) bond motifs is 6. The lowest BCUT2D eigenvalue weighted by Gasteiger charge is -2.39. The number of ether oxygens (including phenoxy) is 7. The topological polar surface area (TPSA) is 142 Å². The molecule has 8 unspecified atom stereocenters. The zero-order valence-corrected chi connectivity index (χ0v) is 34.1. The van der Waals surface area contributed by atoms with Crippen LogP contribution in [0.1, 0.15) is 78.6 Å². The second-order valence-corrected chi connectivity index (χ2v) is 17.7. The second-order valence-electron chi connectivity index (χ2n) is 17.7. The Hall–Kier alpha value is -2.00. The van der Waals surface area contributed by atoms with E-state index in [4.69, 9.17) is 33.2 Å². The number of ketones is 2. The first-order valence-corrected chi connectivity index (χ1v) is 20.7. The number of Topliss-reactive ketones (excluding diaryl/α,β-unsaturated/α-hetero) is 2. The average Bonchev–Trinajstić information content (AvgIpc) is 3.33. The molecule has 2 saturated heterocycles. The van der Waals surface area contributed by atoms with Gasteiger partial charge in [0.05, 0.1) is 36.3 Å². The molecule has 2 aliphatic heterocycles. The quantitative estimate of drug-likeness (QED) is 0.251. The van der Waals surface area contributed by atoms with Crippen molar-refractivity contribution in [2.24, 2.45) is 47.3 Å². The van der Waals surface area contributed by atoms with Crippen molar-refractivity contribution < 1.29 is 53.0 Å². The molecule has 6 fully saturated rings. The molecule has 0 spiro atoms. The van der Waals surface area contributed by atoms with E-state index in [1.165, 1.54) is 0 Å². The smallest absolute Gasteiger partial charge is 0.197 e. The summed E-state index contributed by atoms with van der Waals surface area (Å²) in [7, 11) is 9.13. The van der Waals surface area contributed by atoms with Crippen LogP contribution in [0, 0.1) is 47.3 Å². The summed E-state index contributed by atoms with van der Waals surface area (Å²) in [5.41, 5.74) is 0.354. The van der Waals surface area contributed by atoms with Gasteiger partial charge in [0.2, 0.25) is 0 Å².